The molecule has 0 saturated carbocycles. The molecule has 0 aromatic heterocycles. The fraction of sp³-hybridized carbons (Fsp3) is 0.263. The molecular formula is C19H22N2. The third-order valence-corrected chi connectivity index (χ3v) is 4.34. The Bertz CT molecular complexity index is 538. The SMILES string of the molecule is C[C@@H](c1ccccc1)N1C=CN([C@@H](C)c2ccccc2)C1. The van der Waals surface area contributed by atoms with E-state index in [9.17, 15) is 0 Å². The van der Waals surface area contributed by atoms with Crippen molar-refractivity contribution < 1.29 is 0 Å². The zero-order valence-electron chi connectivity index (χ0n) is 12.7. The van der Waals surface area contributed by atoms with Gasteiger partial charge in [-0.3, -0.25) is 0 Å². The Labute approximate surface area is 127 Å². The second-order valence-electron chi connectivity index (χ2n) is 5.64. The summed E-state index contributed by atoms with van der Waals surface area (Å²) in [6, 6.07) is 22.1. The van der Waals surface area contributed by atoms with Crippen molar-refractivity contribution in [3.05, 3.63) is 84.2 Å². The average Bonchev–Trinajstić information content (AvgIpc) is 3.05. The Morgan fingerprint density at radius 1 is 0.667 bits per heavy atom. The molecule has 3 rings (SSSR count). The molecule has 0 radical (unpaired) electrons. The first-order valence-corrected chi connectivity index (χ1v) is 7.55. The molecule has 1 aliphatic heterocycles. The minimum atomic E-state index is 0.399. The first-order chi connectivity index (χ1) is 10.3. The summed E-state index contributed by atoms with van der Waals surface area (Å²) in [5.41, 5.74) is 2.72. The van der Waals surface area contributed by atoms with Crippen LogP contribution >= 0.6 is 0 Å². The van der Waals surface area contributed by atoms with E-state index in [2.05, 4.69) is 96.7 Å². The van der Waals surface area contributed by atoms with Gasteiger partial charge in [0.25, 0.3) is 0 Å². The molecule has 0 saturated heterocycles. The van der Waals surface area contributed by atoms with E-state index >= 15 is 0 Å². The van der Waals surface area contributed by atoms with Gasteiger partial charge in [-0.1, -0.05) is 60.7 Å². The summed E-state index contributed by atoms with van der Waals surface area (Å²) in [6.07, 6.45) is 4.41. The van der Waals surface area contributed by atoms with Gasteiger partial charge < -0.3 is 9.80 Å². The number of hydrogen-bond acceptors (Lipinski definition) is 2. The summed E-state index contributed by atoms with van der Waals surface area (Å²) in [7, 11) is 0. The van der Waals surface area contributed by atoms with Crippen molar-refractivity contribution in [1.29, 1.82) is 0 Å². The molecule has 0 bridgehead atoms. The van der Waals surface area contributed by atoms with Crippen LogP contribution in [0, 0.1) is 0 Å². The summed E-state index contributed by atoms with van der Waals surface area (Å²) in [6.45, 7) is 5.46. The Morgan fingerprint density at radius 2 is 1.05 bits per heavy atom. The van der Waals surface area contributed by atoms with Gasteiger partial charge in [-0.25, -0.2) is 0 Å². The van der Waals surface area contributed by atoms with Crippen molar-refractivity contribution in [2.75, 3.05) is 6.67 Å². The summed E-state index contributed by atoms with van der Waals surface area (Å²) >= 11 is 0. The van der Waals surface area contributed by atoms with E-state index in [4.69, 9.17) is 0 Å². The molecular weight excluding hydrogens is 256 g/mol. The van der Waals surface area contributed by atoms with Crippen molar-refractivity contribution in [3.8, 4) is 0 Å². The fourth-order valence-electron chi connectivity index (χ4n) is 2.80. The second-order valence-corrected chi connectivity index (χ2v) is 5.64. The molecule has 108 valence electrons. The van der Waals surface area contributed by atoms with Gasteiger partial charge in [-0.05, 0) is 25.0 Å². The third-order valence-electron chi connectivity index (χ3n) is 4.34. The van der Waals surface area contributed by atoms with E-state index in [1.165, 1.54) is 11.1 Å². The second kappa shape index (κ2) is 6.04. The fourth-order valence-corrected chi connectivity index (χ4v) is 2.80. The van der Waals surface area contributed by atoms with Crippen molar-refractivity contribution in [3.63, 3.8) is 0 Å². The first kappa shape index (κ1) is 13.7. The van der Waals surface area contributed by atoms with E-state index in [0.29, 0.717) is 12.1 Å². The minimum Gasteiger partial charge on any atom is -0.352 e. The highest BCUT2D eigenvalue weighted by Crippen LogP contribution is 2.28. The van der Waals surface area contributed by atoms with E-state index in [1.807, 2.05) is 0 Å². The first-order valence-electron chi connectivity index (χ1n) is 7.55. The third kappa shape index (κ3) is 2.94. The number of nitrogens with zero attached hydrogens (tertiary/aromatic N) is 2. The molecule has 0 amide bonds. The highest BCUT2D eigenvalue weighted by Gasteiger charge is 2.22. The monoisotopic (exact) mass is 278 g/mol. The van der Waals surface area contributed by atoms with Crippen LogP contribution in [0.2, 0.25) is 0 Å². The Morgan fingerprint density at radius 3 is 1.43 bits per heavy atom. The highest BCUT2D eigenvalue weighted by atomic mass is 15.4. The summed E-state index contributed by atoms with van der Waals surface area (Å²) in [5, 5.41) is 0. The predicted molar refractivity (Wildman–Crippen MR) is 87.4 cm³/mol. The molecule has 2 aromatic rings. The zero-order valence-corrected chi connectivity index (χ0v) is 12.7. The highest BCUT2D eigenvalue weighted by molar-refractivity contribution is 5.21. The average molecular weight is 278 g/mol. The molecule has 0 aliphatic carbocycles. The van der Waals surface area contributed by atoms with Crippen molar-refractivity contribution in [1.82, 2.24) is 9.80 Å². The maximum Gasteiger partial charge on any atom is 0.0905 e. The van der Waals surface area contributed by atoms with Crippen LogP contribution in [0.4, 0.5) is 0 Å². The van der Waals surface area contributed by atoms with Gasteiger partial charge in [0.15, 0.2) is 0 Å². The van der Waals surface area contributed by atoms with E-state index in [-0.39, 0.29) is 0 Å². The van der Waals surface area contributed by atoms with Gasteiger partial charge in [0.2, 0.25) is 0 Å². The van der Waals surface area contributed by atoms with E-state index in [0.717, 1.165) is 6.67 Å². The van der Waals surface area contributed by atoms with E-state index < -0.39 is 0 Å². The van der Waals surface area contributed by atoms with Gasteiger partial charge >= 0.3 is 0 Å². The molecule has 2 atom stereocenters. The molecule has 0 unspecified atom stereocenters. The lowest BCUT2D eigenvalue weighted by Gasteiger charge is -2.30. The quantitative estimate of drug-likeness (QED) is 0.809. The van der Waals surface area contributed by atoms with Crippen LogP contribution < -0.4 is 0 Å². The van der Waals surface area contributed by atoms with Crippen molar-refractivity contribution in [2.24, 2.45) is 0 Å². The number of rotatable bonds is 4. The molecule has 0 N–H and O–H groups in total. The van der Waals surface area contributed by atoms with Crippen LogP contribution in [-0.2, 0) is 0 Å². The van der Waals surface area contributed by atoms with Crippen LogP contribution in [0.5, 0.6) is 0 Å². The van der Waals surface area contributed by atoms with Crippen LogP contribution in [-0.4, -0.2) is 16.5 Å². The molecule has 2 nitrogen and oxygen atoms in total. The number of benzene rings is 2. The number of hydrogen-bond donors (Lipinski definition) is 0. The van der Waals surface area contributed by atoms with Gasteiger partial charge in [-0.2, -0.15) is 0 Å². The lowest BCUT2D eigenvalue weighted by molar-refractivity contribution is 0.191. The standard InChI is InChI=1S/C19H22N2/c1-16(18-9-5-3-6-10-18)20-13-14-21(15-20)17(2)19-11-7-4-8-12-19/h3-14,16-17H,15H2,1-2H3/t16-,17-/m0/s1. The Kier molecular flexibility index (Phi) is 3.96. The molecule has 2 aromatic carbocycles. The molecule has 1 aliphatic rings. The lowest BCUT2D eigenvalue weighted by Crippen LogP contribution is -2.29. The minimum absolute atomic E-state index is 0.399. The van der Waals surface area contributed by atoms with Gasteiger partial charge in [0.1, 0.15) is 0 Å². The summed E-state index contributed by atoms with van der Waals surface area (Å²) < 4.78 is 0. The predicted octanol–water partition coefficient (Wildman–Crippen LogP) is 4.56. The lowest BCUT2D eigenvalue weighted by atomic mass is 10.1. The van der Waals surface area contributed by atoms with Crippen LogP contribution in [0.3, 0.4) is 0 Å². The van der Waals surface area contributed by atoms with Crippen LogP contribution in [0.1, 0.15) is 37.1 Å². The van der Waals surface area contributed by atoms with Gasteiger partial charge in [-0.15, -0.1) is 0 Å². The summed E-state index contributed by atoms with van der Waals surface area (Å²) in [4.78, 5) is 4.77. The Balaban J connectivity index is 1.68. The van der Waals surface area contributed by atoms with Crippen LogP contribution in [0.15, 0.2) is 73.1 Å². The molecule has 0 spiro atoms. The Hall–Kier alpha value is -2.22. The smallest absolute Gasteiger partial charge is 0.0905 e. The summed E-state index contributed by atoms with van der Waals surface area (Å²) in [5.74, 6) is 0. The van der Waals surface area contributed by atoms with E-state index in [1.54, 1.807) is 0 Å². The maximum absolute atomic E-state index is 2.38. The topological polar surface area (TPSA) is 6.48 Å². The molecule has 21 heavy (non-hydrogen) atoms. The van der Waals surface area contributed by atoms with Crippen LogP contribution in [0.25, 0.3) is 0 Å². The molecule has 1 heterocycles. The maximum atomic E-state index is 2.38. The van der Waals surface area contributed by atoms with Gasteiger partial charge in [0, 0.05) is 12.4 Å². The largest absolute Gasteiger partial charge is 0.352 e. The van der Waals surface area contributed by atoms with Crippen molar-refractivity contribution >= 4 is 0 Å². The molecule has 2 heteroatoms. The van der Waals surface area contributed by atoms with Crippen molar-refractivity contribution in [2.45, 2.75) is 25.9 Å². The van der Waals surface area contributed by atoms with Gasteiger partial charge in [0.05, 0.1) is 18.8 Å². The normalized spacial score (nSPS) is 17.0. The zero-order chi connectivity index (χ0) is 14.7. The molecule has 0 fully saturated rings.